The maximum atomic E-state index is 9.31. The van der Waals surface area contributed by atoms with E-state index in [2.05, 4.69) is 11.1 Å². The maximum Gasteiger partial charge on any atom is 0.266 e. The Hall–Kier alpha value is -2.91. The number of anilines is 1. The first-order valence-corrected chi connectivity index (χ1v) is 8.74. The van der Waals surface area contributed by atoms with Gasteiger partial charge >= 0.3 is 0 Å². The Morgan fingerprint density at radius 2 is 1.88 bits per heavy atom. The Morgan fingerprint density at radius 3 is 2.62 bits per heavy atom. The summed E-state index contributed by atoms with van der Waals surface area (Å²) in [5, 5.41) is 9.97. The number of hydrogen-bond donors (Lipinski definition) is 0. The second kappa shape index (κ2) is 7.14. The predicted molar refractivity (Wildman–Crippen MR) is 96.2 cm³/mol. The summed E-state index contributed by atoms with van der Waals surface area (Å²) >= 11 is 5.86. The summed E-state index contributed by atoms with van der Waals surface area (Å²) in [6.07, 6.45) is 2.18. The first kappa shape index (κ1) is 16.6. The molecule has 2 aromatic heterocycles. The molecule has 0 unspecified atom stereocenters. The van der Waals surface area contributed by atoms with Crippen molar-refractivity contribution in [2.45, 2.75) is 19.4 Å². The zero-order valence-electron chi connectivity index (χ0n) is 13.9. The van der Waals surface area contributed by atoms with E-state index in [-0.39, 0.29) is 12.3 Å². The Kier molecular flexibility index (Phi) is 4.55. The van der Waals surface area contributed by atoms with Crippen molar-refractivity contribution >= 4 is 17.5 Å². The largest absolute Gasteiger partial charge is 0.486 e. The van der Waals surface area contributed by atoms with Gasteiger partial charge in [-0.05, 0) is 49.2 Å². The fourth-order valence-corrected chi connectivity index (χ4v) is 3.01. The third-order valence-corrected chi connectivity index (χ3v) is 4.43. The van der Waals surface area contributed by atoms with Crippen molar-refractivity contribution in [3.05, 3.63) is 52.9 Å². The summed E-state index contributed by atoms with van der Waals surface area (Å²) < 4.78 is 17.2. The molecule has 132 valence electrons. The highest BCUT2D eigenvalue weighted by Crippen LogP contribution is 2.31. The van der Waals surface area contributed by atoms with Crippen molar-refractivity contribution < 1.29 is 13.6 Å². The van der Waals surface area contributed by atoms with Crippen LogP contribution in [0.15, 0.2) is 45.2 Å². The van der Waals surface area contributed by atoms with Crippen LogP contribution >= 0.6 is 11.6 Å². The highest BCUT2D eigenvalue weighted by atomic mass is 35.5. The van der Waals surface area contributed by atoms with Crippen LogP contribution in [0.3, 0.4) is 0 Å². The van der Waals surface area contributed by atoms with Crippen molar-refractivity contribution in [2.24, 2.45) is 0 Å². The van der Waals surface area contributed by atoms with Crippen LogP contribution in [0.2, 0.25) is 5.02 Å². The number of halogens is 1. The molecule has 3 aromatic rings. The zero-order valence-corrected chi connectivity index (χ0v) is 14.7. The average molecular weight is 370 g/mol. The normalized spacial score (nSPS) is 13.8. The molecular weight excluding hydrogens is 354 g/mol. The molecule has 0 bridgehead atoms. The molecule has 0 N–H and O–H groups in total. The summed E-state index contributed by atoms with van der Waals surface area (Å²) in [4.78, 5) is 6.31. The summed E-state index contributed by atoms with van der Waals surface area (Å²) in [6, 6.07) is 12.8. The second-order valence-corrected chi connectivity index (χ2v) is 6.42. The summed E-state index contributed by atoms with van der Waals surface area (Å²) in [5.74, 6) is 2.64. The SMILES string of the molecule is N#Cc1nc(-c2ccc(COc3ccc(Cl)cc3)o2)oc1N1CCCC1. The molecular formula is C19H16ClN3O3. The van der Waals surface area contributed by atoms with Gasteiger partial charge in [-0.3, -0.25) is 0 Å². The van der Waals surface area contributed by atoms with E-state index in [0.717, 1.165) is 25.9 Å². The number of rotatable bonds is 5. The van der Waals surface area contributed by atoms with E-state index < -0.39 is 0 Å². The quantitative estimate of drug-likeness (QED) is 0.652. The van der Waals surface area contributed by atoms with E-state index in [1.807, 2.05) is 4.90 Å². The average Bonchev–Trinajstić information content (AvgIpc) is 3.40. The molecule has 26 heavy (non-hydrogen) atoms. The van der Waals surface area contributed by atoms with Crippen molar-refractivity contribution in [3.63, 3.8) is 0 Å². The molecule has 1 aromatic carbocycles. The highest BCUT2D eigenvalue weighted by Gasteiger charge is 2.24. The van der Waals surface area contributed by atoms with Gasteiger partial charge in [0.1, 0.15) is 24.2 Å². The molecule has 0 amide bonds. The standard InChI is InChI=1S/C19H16ClN3O3/c20-13-3-5-14(6-4-13)24-12-15-7-8-17(25-15)18-22-16(11-21)19(26-18)23-9-1-2-10-23/h3-8H,1-2,9-10,12H2. The molecule has 1 aliphatic rings. The van der Waals surface area contributed by atoms with Gasteiger partial charge in [-0.25, -0.2) is 0 Å². The van der Waals surface area contributed by atoms with Crippen LogP contribution in [-0.4, -0.2) is 18.1 Å². The number of ether oxygens (including phenoxy) is 1. The molecule has 3 heterocycles. The van der Waals surface area contributed by atoms with Crippen LogP contribution in [0.25, 0.3) is 11.7 Å². The van der Waals surface area contributed by atoms with Crippen molar-refractivity contribution in [2.75, 3.05) is 18.0 Å². The summed E-state index contributed by atoms with van der Waals surface area (Å²) in [7, 11) is 0. The number of hydrogen-bond acceptors (Lipinski definition) is 6. The van der Waals surface area contributed by atoms with Gasteiger partial charge in [-0.15, -0.1) is 0 Å². The van der Waals surface area contributed by atoms with E-state index in [9.17, 15) is 5.26 Å². The molecule has 0 spiro atoms. The molecule has 0 radical (unpaired) electrons. The van der Waals surface area contributed by atoms with Crippen LogP contribution in [0.5, 0.6) is 5.75 Å². The van der Waals surface area contributed by atoms with Gasteiger partial charge in [0.2, 0.25) is 11.6 Å². The molecule has 7 heteroatoms. The van der Waals surface area contributed by atoms with Gasteiger partial charge < -0.3 is 18.5 Å². The van der Waals surface area contributed by atoms with E-state index in [4.69, 9.17) is 25.2 Å². The number of nitrogens with zero attached hydrogens (tertiary/aromatic N) is 3. The number of benzene rings is 1. The van der Waals surface area contributed by atoms with Crippen molar-refractivity contribution in [3.8, 4) is 23.5 Å². The number of oxazole rings is 1. The predicted octanol–water partition coefficient (Wildman–Crippen LogP) is 4.64. The summed E-state index contributed by atoms with van der Waals surface area (Å²) in [5.41, 5.74) is 0.289. The molecule has 0 saturated carbocycles. The van der Waals surface area contributed by atoms with Crippen LogP contribution in [-0.2, 0) is 6.61 Å². The van der Waals surface area contributed by atoms with Crippen molar-refractivity contribution in [1.29, 1.82) is 5.26 Å². The first-order valence-electron chi connectivity index (χ1n) is 8.36. The molecule has 0 atom stereocenters. The van der Waals surface area contributed by atoms with Gasteiger partial charge in [0.05, 0.1) is 0 Å². The van der Waals surface area contributed by atoms with E-state index in [0.29, 0.717) is 34.1 Å². The Morgan fingerprint density at radius 1 is 1.12 bits per heavy atom. The maximum absolute atomic E-state index is 9.31. The molecule has 1 saturated heterocycles. The Labute approximate surface area is 155 Å². The Bertz CT molecular complexity index is 934. The summed E-state index contributed by atoms with van der Waals surface area (Å²) in [6.45, 7) is 2.02. The van der Waals surface area contributed by atoms with Crippen LogP contribution in [0.1, 0.15) is 24.3 Å². The van der Waals surface area contributed by atoms with Crippen LogP contribution in [0, 0.1) is 11.3 Å². The van der Waals surface area contributed by atoms with Crippen molar-refractivity contribution in [1.82, 2.24) is 4.98 Å². The van der Waals surface area contributed by atoms with Crippen LogP contribution < -0.4 is 9.64 Å². The second-order valence-electron chi connectivity index (χ2n) is 5.99. The minimum absolute atomic E-state index is 0.270. The highest BCUT2D eigenvalue weighted by molar-refractivity contribution is 6.30. The molecule has 0 aliphatic carbocycles. The lowest BCUT2D eigenvalue weighted by atomic mass is 10.3. The van der Waals surface area contributed by atoms with Crippen LogP contribution in [0.4, 0.5) is 5.88 Å². The lowest BCUT2D eigenvalue weighted by Crippen LogP contribution is -2.17. The third kappa shape index (κ3) is 3.39. The van der Waals surface area contributed by atoms with Gasteiger partial charge in [0.15, 0.2) is 5.76 Å². The lowest BCUT2D eigenvalue weighted by Gasteiger charge is -2.12. The number of furan rings is 1. The molecule has 6 nitrogen and oxygen atoms in total. The monoisotopic (exact) mass is 369 g/mol. The minimum Gasteiger partial charge on any atom is -0.486 e. The van der Waals surface area contributed by atoms with E-state index in [1.54, 1.807) is 36.4 Å². The Balaban J connectivity index is 1.49. The first-order chi connectivity index (χ1) is 12.7. The van der Waals surface area contributed by atoms with Gasteiger partial charge in [-0.2, -0.15) is 10.2 Å². The molecule has 4 rings (SSSR count). The van der Waals surface area contributed by atoms with E-state index >= 15 is 0 Å². The molecule has 1 aliphatic heterocycles. The lowest BCUT2D eigenvalue weighted by molar-refractivity contribution is 0.271. The van der Waals surface area contributed by atoms with Gasteiger partial charge in [-0.1, -0.05) is 11.6 Å². The van der Waals surface area contributed by atoms with Gasteiger partial charge in [0.25, 0.3) is 5.89 Å². The zero-order chi connectivity index (χ0) is 17.9. The van der Waals surface area contributed by atoms with Gasteiger partial charge in [0, 0.05) is 18.1 Å². The topological polar surface area (TPSA) is 75.4 Å². The fourth-order valence-electron chi connectivity index (χ4n) is 2.88. The number of aromatic nitrogens is 1. The van der Waals surface area contributed by atoms with E-state index in [1.165, 1.54) is 0 Å². The minimum atomic E-state index is 0.270. The molecule has 1 fully saturated rings. The fraction of sp³-hybridized carbons (Fsp3) is 0.263. The smallest absolute Gasteiger partial charge is 0.266 e. The third-order valence-electron chi connectivity index (χ3n) is 4.18. The number of nitriles is 1.